The van der Waals surface area contributed by atoms with Gasteiger partial charge in [-0.25, -0.2) is 0 Å². The fourth-order valence-electron chi connectivity index (χ4n) is 2.45. The minimum atomic E-state index is -4.66. The van der Waals surface area contributed by atoms with Gasteiger partial charge in [0.05, 0.1) is 12.0 Å². The van der Waals surface area contributed by atoms with Gasteiger partial charge in [0.15, 0.2) is 5.78 Å². The quantitative estimate of drug-likeness (QED) is 0.862. The maximum absolute atomic E-state index is 12.3. The molecule has 0 radical (unpaired) electrons. The van der Waals surface area contributed by atoms with Gasteiger partial charge in [-0.1, -0.05) is 42.5 Å². The molecule has 0 saturated heterocycles. The van der Waals surface area contributed by atoms with Crippen molar-refractivity contribution in [3.05, 3.63) is 65.7 Å². The molecule has 0 saturated carbocycles. The van der Waals surface area contributed by atoms with Crippen molar-refractivity contribution >= 4 is 15.9 Å². The van der Waals surface area contributed by atoms with Crippen LogP contribution in [0, 0.1) is 0 Å². The van der Waals surface area contributed by atoms with Gasteiger partial charge >= 0.3 is 10.1 Å². The smallest absolute Gasteiger partial charge is 0.311 e. The maximum atomic E-state index is 12.3. The van der Waals surface area contributed by atoms with Gasteiger partial charge < -0.3 is 4.74 Å². The molecular weight excluding hydrogens is 292 g/mol. The topological polar surface area (TPSA) is 80.7 Å². The van der Waals surface area contributed by atoms with Crippen LogP contribution in [0.4, 0.5) is 0 Å². The summed E-state index contributed by atoms with van der Waals surface area (Å²) in [6.45, 7) is 0. The Balaban J connectivity index is 2.24. The van der Waals surface area contributed by atoms with E-state index in [1.807, 2.05) is 0 Å². The highest BCUT2D eigenvalue weighted by Crippen LogP contribution is 2.42. The van der Waals surface area contributed by atoms with Crippen LogP contribution < -0.4 is 4.74 Å². The molecule has 0 bridgehead atoms. The Morgan fingerprint density at radius 3 is 2.29 bits per heavy atom. The van der Waals surface area contributed by atoms with Gasteiger partial charge in [-0.3, -0.25) is 9.35 Å². The second kappa shape index (κ2) is 4.68. The van der Waals surface area contributed by atoms with Crippen LogP contribution in [0.25, 0.3) is 0 Å². The molecule has 2 aromatic carbocycles. The number of ether oxygens (including phenoxy) is 1. The lowest BCUT2D eigenvalue weighted by molar-refractivity contribution is 0.0729. The molecular formula is C15H12O5S. The predicted molar refractivity (Wildman–Crippen MR) is 75.7 cm³/mol. The number of carbonyl (C=O) groups is 1. The average Bonchev–Trinajstić information content (AvgIpc) is 2.47. The normalized spacial score (nSPS) is 21.5. The number of benzene rings is 2. The van der Waals surface area contributed by atoms with Crippen molar-refractivity contribution in [2.24, 2.45) is 0 Å². The SMILES string of the molecule is O=C1C[C@@](c2ccccc2)(S(=O)(=O)O)Oc2ccccc21. The first-order valence-electron chi connectivity index (χ1n) is 6.28. The average molecular weight is 304 g/mol. The standard InChI is InChI=1S/C15H12O5S/c16-13-10-15(21(17,18)19,11-6-2-1-3-7-11)20-14-9-5-4-8-12(13)14/h1-9H,10H2,(H,17,18,19)/t15-/m0/s1. The zero-order chi connectivity index (χ0) is 15.1. The fourth-order valence-corrected chi connectivity index (χ4v) is 3.39. The Labute approximate surface area is 121 Å². The summed E-state index contributed by atoms with van der Waals surface area (Å²) in [7, 11) is -4.66. The minimum Gasteiger partial charge on any atom is -0.463 e. The summed E-state index contributed by atoms with van der Waals surface area (Å²) >= 11 is 0. The van der Waals surface area contributed by atoms with Crippen LogP contribution >= 0.6 is 0 Å². The van der Waals surface area contributed by atoms with Crippen molar-refractivity contribution < 1.29 is 22.5 Å². The van der Waals surface area contributed by atoms with Crippen LogP contribution in [0.1, 0.15) is 22.3 Å². The fraction of sp³-hybridized carbons (Fsp3) is 0.133. The van der Waals surface area contributed by atoms with Crippen LogP contribution in [0.15, 0.2) is 54.6 Å². The second-order valence-electron chi connectivity index (χ2n) is 4.79. The van der Waals surface area contributed by atoms with E-state index in [-0.39, 0.29) is 11.3 Å². The first-order chi connectivity index (χ1) is 9.94. The van der Waals surface area contributed by atoms with E-state index in [9.17, 15) is 17.8 Å². The highest BCUT2D eigenvalue weighted by atomic mass is 32.2. The minimum absolute atomic E-state index is 0.148. The summed E-state index contributed by atoms with van der Waals surface area (Å²) in [6.07, 6.45) is -0.465. The first kappa shape index (κ1) is 13.8. The highest BCUT2D eigenvalue weighted by Gasteiger charge is 2.52. The Morgan fingerprint density at radius 1 is 1.00 bits per heavy atom. The molecule has 0 aliphatic carbocycles. The number of ketones is 1. The molecule has 2 aromatic rings. The van der Waals surface area contributed by atoms with Crippen molar-refractivity contribution in [1.82, 2.24) is 0 Å². The van der Waals surface area contributed by atoms with Crippen LogP contribution in [-0.2, 0) is 15.1 Å². The lowest BCUT2D eigenvalue weighted by Crippen LogP contribution is -2.46. The van der Waals surface area contributed by atoms with Crippen molar-refractivity contribution in [2.45, 2.75) is 11.4 Å². The Hall–Kier alpha value is -2.18. The monoisotopic (exact) mass is 304 g/mol. The number of carbonyl (C=O) groups excluding carboxylic acids is 1. The van der Waals surface area contributed by atoms with E-state index < -0.39 is 27.3 Å². The third kappa shape index (κ3) is 2.12. The molecule has 1 aliphatic heterocycles. The largest absolute Gasteiger partial charge is 0.463 e. The van der Waals surface area contributed by atoms with Crippen LogP contribution in [0.3, 0.4) is 0 Å². The van der Waals surface area contributed by atoms with E-state index in [1.54, 1.807) is 36.4 Å². The summed E-state index contributed by atoms with van der Waals surface area (Å²) in [4.78, 5) is 10.2. The molecule has 1 aliphatic rings. The molecule has 0 spiro atoms. The maximum Gasteiger partial charge on any atom is 0.311 e. The number of rotatable bonds is 2. The molecule has 21 heavy (non-hydrogen) atoms. The van der Waals surface area contributed by atoms with Crippen molar-refractivity contribution in [3.8, 4) is 5.75 Å². The summed E-state index contributed by atoms with van der Waals surface area (Å²) in [5.74, 6) is -0.242. The highest BCUT2D eigenvalue weighted by molar-refractivity contribution is 7.86. The van der Waals surface area contributed by atoms with Crippen LogP contribution in [0.5, 0.6) is 5.75 Å². The van der Waals surface area contributed by atoms with Gasteiger partial charge in [0.2, 0.25) is 0 Å². The summed E-state index contributed by atoms with van der Waals surface area (Å²) in [5.41, 5.74) is 0.531. The molecule has 3 rings (SSSR count). The van der Waals surface area contributed by atoms with Crippen molar-refractivity contribution in [1.29, 1.82) is 0 Å². The lowest BCUT2D eigenvalue weighted by Gasteiger charge is -2.35. The summed E-state index contributed by atoms with van der Waals surface area (Å²) in [5, 5.41) is 0. The Bertz CT molecular complexity index is 798. The third-order valence-electron chi connectivity index (χ3n) is 3.49. The van der Waals surface area contributed by atoms with Gasteiger partial charge in [-0.15, -0.1) is 0 Å². The molecule has 0 amide bonds. The van der Waals surface area contributed by atoms with E-state index in [1.165, 1.54) is 18.2 Å². The van der Waals surface area contributed by atoms with E-state index in [2.05, 4.69) is 0 Å². The molecule has 1 atom stereocenters. The molecule has 5 nitrogen and oxygen atoms in total. The number of hydrogen-bond donors (Lipinski definition) is 1. The zero-order valence-electron chi connectivity index (χ0n) is 10.9. The predicted octanol–water partition coefficient (Wildman–Crippen LogP) is 2.39. The molecule has 6 heteroatoms. The van der Waals surface area contributed by atoms with Gasteiger partial charge in [0, 0.05) is 5.56 Å². The zero-order valence-corrected chi connectivity index (χ0v) is 11.7. The van der Waals surface area contributed by atoms with Gasteiger partial charge in [0.25, 0.3) is 4.93 Å². The van der Waals surface area contributed by atoms with E-state index in [0.29, 0.717) is 5.56 Å². The number of fused-ring (bicyclic) bond motifs is 1. The van der Waals surface area contributed by atoms with E-state index >= 15 is 0 Å². The van der Waals surface area contributed by atoms with E-state index in [0.717, 1.165) is 0 Å². The lowest BCUT2D eigenvalue weighted by atomic mass is 9.96. The molecule has 0 aromatic heterocycles. The van der Waals surface area contributed by atoms with Gasteiger partial charge in [-0.2, -0.15) is 8.42 Å². The molecule has 0 fully saturated rings. The number of Topliss-reactive ketones (excluding diaryl/α,β-unsaturated/α-hetero) is 1. The Morgan fingerprint density at radius 2 is 1.62 bits per heavy atom. The summed E-state index contributed by atoms with van der Waals surface area (Å²) < 4.78 is 39.2. The number of hydrogen-bond acceptors (Lipinski definition) is 4. The Kier molecular flexibility index (Phi) is 3.07. The molecule has 1 heterocycles. The number of para-hydroxylation sites is 1. The third-order valence-corrected chi connectivity index (χ3v) is 4.78. The van der Waals surface area contributed by atoms with E-state index in [4.69, 9.17) is 4.74 Å². The van der Waals surface area contributed by atoms with Crippen LogP contribution in [0.2, 0.25) is 0 Å². The van der Waals surface area contributed by atoms with Gasteiger partial charge in [0.1, 0.15) is 5.75 Å². The van der Waals surface area contributed by atoms with Crippen molar-refractivity contribution in [2.75, 3.05) is 0 Å². The van der Waals surface area contributed by atoms with Crippen LogP contribution in [-0.4, -0.2) is 18.8 Å². The summed E-state index contributed by atoms with van der Waals surface area (Å²) in [6, 6.07) is 14.4. The molecule has 1 N–H and O–H groups in total. The van der Waals surface area contributed by atoms with Crippen molar-refractivity contribution in [3.63, 3.8) is 0 Å². The second-order valence-corrected chi connectivity index (χ2v) is 6.40. The molecule has 108 valence electrons. The molecule has 0 unspecified atom stereocenters. The first-order valence-corrected chi connectivity index (χ1v) is 7.72. The van der Waals surface area contributed by atoms with Gasteiger partial charge in [-0.05, 0) is 12.1 Å².